The zero-order valence-corrected chi connectivity index (χ0v) is 7.07. The fraction of sp³-hybridized carbons (Fsp3) is 0.333. The van der Waals surface area contributed by atoms with Crippen LogP contribution < -0.4 is 4.74 Å². The van der Waals surface area contributed by atoms with Gasteiger partial charge in [0, 0.05) is 0 Å². The van der Waals surface area contributed by atoms with Crippen molar-refractivity contribution in [2.45, 2.75) is 0 Å². The highest BCUT2D eigenvalue weighted by molar-refractivity contribution is 7.15. The molecule has 0 aliphatic rings. The Kier molecular flexibility index (Phi) is 2.43. The normalized spacial score (nSPS) is 9.27. The smallest absolute Gasteiger partial charge is 0.273 e. The Bertz CT molecular complexity index is 259. The van der Waals surface area contributed by atoms with Crippen molar-refractivity contribution >= 4 is 17.2 Å². The minimum atomic E-state index is 0.116. The van der Waals surface area contributed by atoms with E-state index in [1.54, 1.807) is 13.3 Å². The first kappa shape index (κ1) is 8.00. The first-order chi connectivity index (χ1) is 5.27. The average Bonchev–Trinajstić information content (AvgIpc) is 2.50. The molecule has 11 heavy (non-hydrogen) atoms. The standard InChI is InChI=1S/C6H8N2O2S/c1-9-5(7)4-3-8-6(10-2)11-4/h3,7H,1-2H3. The van der Waals surface area contributed by atoms with Gasteiger partial charge in [-0.1, -0.05) is 11.3 Å². The van der Waals surface area contributed by atoms with E-state index in [2.05, 4.69) is 4.98 Å². The van der Waals surface area contributed by atoms with Gasteiger partial charge in [-0.25, -0.2) is 4.98 Å². The van der Waals surface area contributed by atoms with E-state index in [1.165, 1.54) is 18.4 Å². The van der Waals surface area contributed by atoms with Crippen molar-refractivity contribution in [1.29, 1.82) is 5.41 Å². The second-order valence-corrected chi connectivity index (χ2v) is 2.72. The van der Waals surface area contributed by atoms with Crippen molar-refractivity contribution in [2.75, 3.05) is 14.2 Å². The maximum absolute atomic E-state index is 7.26. The molecule has 0 aliphatic heterocycles. The number of aromatic nitrogens is 1. The monoisotopic (exact) mass is 172 g/mol. The number of rotatable bonds is 2. The van der Waals surface area contributed by atoms with Gasteiger partial charge in [-0.2, -0.15) is 0 Å². The molecule has 1 heterocycles. The van der Waals surface area contributed by atoms with E-state index in [0.717, 1.165) is 0 Å². The van der Waals surface area contributed by atoms with Crippen molar-refractivity contribution in [3.8, 4) is 5.19 Å². The fourth-order valence-electron chi connectivity index (χ4n) is 0.558. The highest BCUT2D eigenvalue weighted by Crippen LogP contribution is 2.19. The summed E-state index contributed by atoms with van der Waals surface area (Å²) in [6.07, 6.45) is 1.55. The first-order valence-corrected chi connectivity index (χ1v) is 3.72. The van der Waals surface area contributed by atoms with Crippen LogP contribution in [0.5, 0.6) is 5.19 Å². The van der Waals surface area contributed by atoms with Gasteiger partial charge in [-0.05, 0) is 0 Å². The first-order valence-electron chi connectivity index (χ1n) is 2.90. The number of ether oxygens (including phenoxy) is 2. The topological polar surface area (TPSA) is 55.2 Å². The van der Waals surface area contributed by atoms with Gasteiger partial charge in [-0.15, -0.1) is 0 Å². The third-order valence-electron chi connectivity index (χ3n) is 1.09. The van der Waals surface area contributed by atoms with Crippen molar-refractivity contribution in [3.05, 3.63) is 11.1 Å². The maximum Gasteiger partial charge on any atom is 0.273 e. The third kappa shape index (κ3) is 1.68. The predicted octanol–water partition coefficient (Wildman–Crippen LogP) is 1.12. The molecule has 4 nitrogen and oxygen atoms in total. The number of hydrogen-bond donors (Lipinski definition) is 1. The van der Waals surface area contributed by atoms with E-state index in [-0.39, 0.29) is 5.90 Å². The largest absolute Gasteiger partial charge is 0.480 e. The molecule has 0 bridgehead atoms. The molecule has 0 radical (unpaired) electrons. The van der Waals surface area contributed by atoms with Crippen LogP contribution in [0.15, 0.2) is 6.20 Å². The molecule has 1 aromatic rings. The van der Waals surface area contributed by atoms with Gasteiger partial charge in [-0.3, -0.25) is 5.41 Å². The number of thiazole rings is 1. The van der Waals surface area contributed by atoms with Crippen molar-refractivity contribution < 1.29 is 9.47 Å². The molecule has 0 amide bonds. The molecular weight excluding hydrogens is 164 g/mol. The van der Waals surface area contributed by atoms with Gasteiger partial charge in [0.1, 0.15) is 4.88 Å². The molecular formula is C6H8N2O2S. The van der Waals surface area contributed by atoms with Gasteiger partial charge in [0.05, 0.1) is 20.4 Å². The summed E-state index contributed by atoms with van der Waals surface area (Å²) < 4.78 is 9.54. The molecule has 1 rings (SSSR count). The zero-order valence-electron chi connectivity index (χ0n) is 6.25. The summed E-state index contributed by atoms with van der Waals surface area (Å²) >= 11 is 1.28. The van der Waals surface area contributed by atoms with Crippen LogP contribution in [0.25, 0.3) is 0 Å². The minimum absolute atomic E-state index is 0.116. The van der Waals surface area contributed by atoms with Crippen LogP contribution in [0, 0.1) is 5.41 Å². The van der Waals surface area contributed by atoms with Crippen LogP contribution in [-0.2, 0) is 4.74 Å². The Balaban J connectivity index is 2.80. The number of nitrogens with one attached hydrogen (secondary N) is 1. The quantitative estimate of drug-likeness (QED) is 0.537. The molecule has 1 N–H and O–H groups in total. The number of hydrogen-bond acceptors (Lipinski definition) is 5. The second kappa shape index (κ2) is 3.34. The molecule has 0 spiro atoms. The average molecular weight is 172 g/mol. The summed E-state index contributed by atoms with van der Waals surface area (Å²) in [6.45, 7) is 0. The number of nitrogens with zero attached hydrogens (tertiary/aromatic N) is 1. The predicted molar refractivity (Wildman–Crippen MR) is 42.5 cm³/mol. The maximum atomic E-state index is 7.26. The van der Waals surface area contributed by atoms with Gasteiger partial charge in [0.25, 0.3) is 5.19 Å². The van der Waals surface area contributed by atoms with Crippen molar-refractivity contribution in [2.24, 2.45) is 0 Å². The Morgan fingerprint density at radius 3 is 2.82 bits per heavy atom. The summed E-state index contributed by atoms with van der Waals surface area (Å²) in [7, 11) is 2.99. The molecule has 1 aromatic heterocycles. The lowest BCUT2D eigenvalue weighted by atomic mass is 10.5. The van der Waals surface area contributed by atoms with Crippen molar-refractivity contribution in [1.82, 2.24) is 4.98 Å². The van der Waals surface area contributed by atoms with Gasteiger partial charge < -0.3 is 9.47 Å². The highest BCUT2D eigenvalue weighted by atomic mass is 32.1. The van der Waals surface area contributed by atoms with Crippen LogP contribution in [-0.4, -0.2) is 25.1 Å². The lowest BCUT2D eigenvalue weighted by Gasteiger charge is -1.94. The molecule has 60 valence electrons. The zero-order chi connectivity index (χ0) is 8.27. The lowest BCUT2D eigenvalue weighted by Crippen LogP contribution is -1.96. The van der Waals surface area contributed by atoms with E-state index in [9.17, 15) is 0 Å². The lowest BCUT2D eigenvalue weighted by molar-refractivity contribution is 0.402. The summed E-state index contributed by atoms with van der Waals surface area (Å²) in [5, 5.41) is 7.80. The van der Waals surface area contributed by atoms with Crippen LogP contribution in [0.3, 0.4) is 0 Å². The van der Waals surface area contributed by atoms with Crippen LogP contribution in [0.2, 0.25) is 0 Å². The van der Waals surface area contributed by atoms with E-state index in [1.807, 2.05) is 0 Å². The van der Waals surface area contributed by atoms with E-state index < -0.39 is 0 Å². The number of methoxy groups -OCH3 is 2. The Morgan fingerprint density at radius 2 is 2.36 bits per heavy atom. The minimum Gasteiger partial charge on any atom is -0.480 e. The summed E-state index contributed by atoms with van der Waals surface area (Å²) in [6, 6.07) is 0. The molecule has 0 saturated heterocycles. The molecule has 5 heteroatoms. The van der Waals surface area contributed by atoms with E-state index in [4.69, 9.17) is 14.9 Å². The molecule has 0 aromatic carbocycles. The molecule has 0 unspecified atom stereocenters. The summed E-state index contributed by atoms with van der Waals surface area (Å²) in [5.74, 6) is 0.116. The van der Waals surface area contributed by atoms with Gasteiger partial charge >= 0.3 is 0 Å². The van der Waals surface area contributed by atoms with Gasteiger partial charge in [0.15, 0.2) is 0 Å². The highest BCUT2D eigenvalue weighted by Gasteiger charge is 2.06. The Morgan fingerprint density at radius 1 is 1.64 bits per heavy atom. The summed E-state index contributed by atoms with van der Waals surface area (Å²) in [5.41, 5.74) is 0. The third-order valence-corrected chi connectivity index (χ3v) is 2.04. The Hall–Kier alpha value is -1.10. The van der Waals surface area contributed by atoms with Gasteiger partial charge in [0.2, 0.25) is 5.90 Å². The van der Waals surface area contributed by atoms with Crippen LogP contribution in [0.4, 0.5) is 0 Å². The molecule has 0 aliphatic carbocycles. The SMILES string of the molecule is COC(=N)c1cnc(OC)s1. The second-order valence-electron chi connectivity index (χ2n) is 1.73. The summed E-state index contributed by atoms with van der Waals surface area (Å²) in [4.78, 5) is 4.55. The van der Waals surface area contributed by atoms with E-state index in [0.29, 0.717) is 10.1 Å². The Labute approximate surface area is 68.3 Å². The van der Waals surface area contributed by atoms with Crippen LogP contribution in [0.1, 0.15) is 4.88 Å². The van der Waals surface area contributed by atoms with E-state index >= 15 is 0 Å². The van der Waals surface area contributed by atoms with Crippen molar-refractivity contribution in [3.63, 3.8) is 0 Å². The fourth-order valence-corrected chi connectivity index (χ4v) is 1.22. The molecule has 0 atom stereocenters. The molecule has 0 fully saturated rings. The van der Waals surface area contributed by atoms with Crippen LogP contribution >= 0.6 is 11.3 Å². The molecule has 0 saturated carbocycles.